The van der Waals surface area contributed by atoms with Crippen molar-refractivity contribution in [1.29, 1.82) is 0 Å². The summed E-state index contributed by atoms with van der Waals surface area (Å²) in [5.41, 5.74) is 3.53. The zero-order valence-corrected chi connectivity index (χ0v) is 23.4. The fourth-order valence-corrected chi connectivity index (χ4v) is 8.00. The van der Waals surface area contributed by atoms with Crippen LogP contribution in [0.3, 0.4) is 0 Å². The molecule has 37 heavy (non-hydrogen) atoms. The van der Waals surface area contributed by atoms with E-state index in [2.05, 4.69) is 60.1 Å². The Morgan fingerprint density at radius 3 is 2.24 bits per heavy atom. The zero-order chi connectivity index (χ0) is 25.9. The molecule has 2 atom stereocenters. The van der Waals surface area contributed by atoms with Gasteiger partial charge in [0.25, 0.3) is 0 Å². The van der Waals surface area contributed by atoms with Gasteiger partial charge in [0.15, 0.2) is 0 Å². The molecule has 2 fully saturated rings. The first-order valence-corrected chi connectivity index (χ1v) is 15.5. The minimum absolute atomic E-state index is 0.398. The van der Waals surface area contributed by atoms with Crippen molar-refractivity contribution in [2.45, 2.75) is 44.4 Å². The third kappa shape index (κ3) is 6.03. The van der Waals surface area contributed by atoms with Gasteiger partial charge in [-0.1, -0.05) is 74.0 Å². The van der Waals surface area contributed by atoms with E-state index in [1.165, 1.54) is 18.4 Å². The van der Waals surface area contributed by atoms with Crippen LogP contribution in [0.5, 0.6) is 0 Å². The summed E-state index contributed by atoms with van der Waals surface area (Å²) >= 11 is 0. The Labute approximate surface area is 224 Å². The van der Waals surface area contributed by atoms with Crippen LogP contribution < -0.4 is 0 Å². The monoisotopic (exact) mass is 521 g/mol. The van der Waals surface area contributed by atoms with E-state index >= 15 is 0 Å². The third-order valence-electron chi connectivity index (χ3n) is 9.22. The molecule has 1 aliphatic heterocycles. The van der Waals surface area contributed by atoms with E-state index in [1.54, 1.807) is 34.1 Å². The average molecular weight is 522 g/mol. The number of hydrogen-bond donors (Lipinski definition) is 0. The van der Waals surface area contributed by atoms with Crippen LogP contribution in [-0.2, 0) is 16.4 Å². The first-order chi connectivity index (χ1) is 17.8. The van der Waals surface area contributed by atoms with Crippen LogP contribution in [0.4, 0.5) is 0 Å². The Balaban J connectivity index is 1.15. The Morgan fingerprint density at radius 1 is 0.919 bits per heavy atom. The van der Waals surface area contributed by atoms with Crippen molar-refractivity contribution in [2.75, 3.05) is 52.4 Å². The predicted octanol–water partition coefficient (Wildman–Crippen LogP) is 4.92. The molecule has 0 N–H and O–H groups in total. The molecule has 0 spiro atoms. The maximum absolute atomic E-state index is 13.0. The van der Waals surface area contributed by atoms with Crippen molar-refractivity contribution in [3.05, 3.63) is 77.9 Å². The van der Waals surface area contributed by atoms with Crippen LogP contribution in [0, 0.1) is 17.3 Å². The Bertz CT molecular complexity index is 1160. The van der Waals surface area contributed by atoms with Gasteiger partial charge in [-0.2, -0.15) is 4.31 Å². The Kier molecular flexibility index (Phi) is 8.20. The smallest absolute Gasteiger partial charge is 0.243 e. The molecular formula is C31H43N3O2S. The lowest BCUT2D eigenvalue weighted by atomic mass is 9.49. The molecule has 1 heterocycles. The molecule has 2 bridgehead atoms. The zero-order valence-electron chi connectivity index (χ0n) is 22.6. The SMILES string of the molecule is CC1(C)C2CC=C(CN(CCCc3ccccc3)CCN3CCN(S(=O)(=O)c4ccccc4)CC3)C1C2. The van der Waals surface area contributed by atoms with Gasteiger partial charge in [-0.15, -0.1) is 0 Å². The highest BCUT2D eigenvalue weighted by Gasteiger charge is 2.51. The van der Waals surface area contributed by atoms with Crippen molar-refractivity contribution in [3.8, 4) is 0 Å². The second-order valence-corrected chi connectivity index (χ2v) is 13.7. The fourth-order valence-electron chi connectivity index (χ4n) is 6.55. The molecule has 0 amide bonds. The average Bonchev–Trinajstić information content (AvgIpc) is 2.93. The van der Waals surface area contributed by atoms with Crippen LogP contribution >= 0.6 is 0 Å². The van der Waals surface area contributed by atoms with Gasteiger partial charge in [0.05, 0.1) is 4.90 Å². The predicted molar refractivity (Wildman–Crippen MR) is 151 cm³/mol. The maximum Gasteiger partial charge on any atom is 0.243 e. The van der Waals surface area contributed by atoms with E-state index in [9.17, 15) is 8.42 Å². The molecule has 0 radical (unpaired) electrons. The van der Waals surface area contributed by atoms with Gasteiger partial charge in [-0.25, -0.2) is 8.42 Å². The summed E-state index contributed by atoms with van der Waals surface area (Å²) in [4.78, 5) is 5.51. The minimum Gasteiger partial charge on any atom is -0.299 e. The van der Waals surface area contributed by atoms with Gasteiger partial charge in [0, 0.05) is 45.8 Å². The first kappa shape index (κ1) is 26.6. The van der Waals surface area contributed by atoms with Gasteiger partial charge >= 0.3 is 0 Å². The molecule has 0 aromatic heterocycles. The molecule has 2 aromatic rings. The number of rotatable bonds is 11. The van der Waals surface area contributed by atoms with Gasteiger partial charge < -0.3 is 0 Å². The summed E-state index contributed by atoms with van der Waals surface area (Å²) in [6.45, 7) is 11.9. The maximum atomic E-state index is 13.0. The first-order valence-electron chi connectivity index (χ1n) is 14.1. The molecule has 6 rings (SSSR count). The quantitative estimate of drug-likeness (QED) is 0.394. The molecule has 2 aromatic carbocycles. The van der Waals surface area contributed by atoms with E-state index in [0.29, 0.717) is 23.4 Å². The Morgan fingerprint density at radius 2 is 1.59 bits per heavy atom. The largest absolute Gasteiger partial charge is 0.299 e. The summed E-state index contributed by atoms with van der Waals surface area (Å²) in [7, 11) is -3.40. The number of aryl methyl sites for hydroxylation is 1. The van der Waals surface area contributed by atoms with Crippen LogP contribution in [0.2, 0.25) is 0 Å². The topological polar surface area (TPSA) is 43.9 Å². The molecule has 4 aliphatic rings. The highest BCUT2D eigenvalue weighted by molar-refractivity contribution is 7.89. The number of nitrogens with zero attached hydrogens (tertiary/aromatic N) is 3. The van der Waals surface area contributed by atoms with Gasteiger partial charge in [0.1, 0.15) is 0 Å². The number of fused-ring (bicyclic) bond motifs is 1. The molecule has 6 heteroatoms. The summed E-state index contributed by atoms with van der Waals surface area (Å²) in [5, 5.41) is 0. The van der Waals surface area contributed by atoms with E-state index < -0.39 is 10.0 Å². The molecule has 5 nitrogen and oxygen atoms in total. The van der Waals surface area contributed by atoms with Crippen molar-refractivity contribution in [3.63, 3.8) is 0 Å². The van der Waals surface area contributed by atoms with Gasteiger partial charge in [0.2, 0.25) is 10.0 Å². The van der Waals surface area contributed by atoms with E-state index in [4.69, 9.17) is 0 Å². The minimum atomic E-state index is -3.40. The van der Waals surface area contributed by atoms with Crippen molar-refractivity contribution in [2.24, 2.45) is 17.3 Å². The van der Waals surface area contributed by atoms with Crippen LogP contribution in [0.25, 0.3) is 0 Å². The van der Waals surface area contributed by atoms with Crippen molar-refractivity contribution >= 4 is 10.0 Å². The van der Waals surface area contributed by atoms with Crippen LogP contribution in [0.1, 0.15) is 38.7 Å². The standard InChI is InChI=1S/C31H43N3O2S/c1-31(2)28-16-15-27(30(31)24-28)25-33(17-9-12-26-10-5-3-6-11-26)19-18-32-20-22-34(23-21-32)37(35,36)29-13-7-4-8-14-29/h3-8,10-11,13-15,28,30H,9,12,16-25H2,1-2H3. The molecule has 200 valence electrons. The summed E-state index contributed by atoms with van der Waals surface area (Å²) in [6, 6.07) is 19.6. The lowest BCUT2D eigenvalue weighted by molar-refractivity contribution is -0.0109. The second-order valence-electron chi connectivity index (χ2n) is 11.7. The van der Waals surface area contributed by atoms with E-state index in [1.807, 2.05) is 6.07 Å². The van der Waals surface area contributed by atoms with Crippen molar-refractivity contribution < 1.29 is 8.42 Å². The molecule has 1 saturated carbocycles. The highest BCUT2D eigenvalue weighted by Crippen LogP contribution is 2.59. The number of allylic oxidation sites excluding steroid dienone is 1. The van der Waals surface area contributed by atoms with E-state index in [-0.39, 0.29) is 0 Å². The van der Waals surface area contributed by atoms with Crippen LogP contribution in [-0.4, -0.2) is 74.9 Å². The number of piperazine rings is 1. The highest BCUT2D eigenvalue weighted by atomic mass is 32.2. The lowest BCUT2D eigenvalue weighted by Crippen LogP contribution is -2.51. The molecule has 2 unspecified atom stereocenters. The normalized spacial score (nSPS) is 24.0. The van der Waals surface area contributed by atoms with Crippen LogP contribution in [0.15, 0.2) is 77.2 Å². The van der Waals surface area contributed by atoms with Gasteiger partial charge in [-0.3, -0.25) is 9.80 Å². The molecule has 3 aliphatic carbocycles. The number of sulfonamides is 1. The third-order valence-corrected chi connectivity index (χ3v) is 11.1. The Hall–Kier alpha value is -1.99. The summed E-state index contributed by atoms with van der Waals surface area (Å²) in [5.74, 6) is 1.62. The van der Waals surface area contributed by atoms with Gasteiger partial charge in [-0.05, 0) is 67.2 Å². The number of benzene rings is 2. The lowest BCUT2D eigenvalue weighted by Gasteiger charge is -2.57. The molecule has 1 saturated heterocycles. The van der Waals surface area contributed by atoms with Crippen molar-refractivity contribution in [1.82, 2.24) is 14.1 Å². The summed E-state index contributed by atoms with van der Waals surface area (Å²) in [6.07, 6.45) is 7.44. The molecular weight excluding hydrogens is 478 g/mol. The van der Waals surface area contributed by atoms with E-state index in [0.717, 1.165) is 63.9 Å². The fraction of sp³-hybridized carbons (Fsp3) is 0.548. The number of hydrogen-bond acceptors (Lipinski definition) is 4. The summed E-state index contributed by atoms with van der Waals surface area (Å²) < 4.78 is 27.6. The second kappa shape index (κ2) is 11.4.